The van der Waals surface area contributed by atoms with Crippen LogP contribution in [0.2, 0.25) is 0 Å². The summed E-state index contributed by atoms with van der Waals surface area (Å²) in [5.41, 5.74) is 0.504. The van der Waals surface area contributed by atoms with Crippen LogP contribution in [0, 0.1) is 6.92 Å². The van der Waals surface area contributed by atoms with Crippen molar-refractivity contribution in [1.82, 2.24) is 4.57 Å². The van der Waals surface area contributed by atoms with Crippen LogP contribution in [0.25, 0.3) is 0 Å². The van der Waals surface area contributed by atoms with E-state index in [0.29, 0.717) is 5.69 Å². The molecule has 0 aliphatic rings. The number of ether oxygens (including phenoxy) is 2. The first-order valence-electron chi connectivity index (χ1n) is 4.94. The van der Waals surface area contributed by atoms with Crippen molar-refractivity contribution in [2.24, 2.45) is 7.05 Å². The summed E-state index contributed by atoms with van der Waals surface area (Å²) in [6, 6.07) is 1.58. The van der Waals surface area contributed by atoms with Crippen LogP contribution in [0.4, 0.5) is 0 Å². The highest BCUT2D eigenvalue weighted by molar-refractivity contribution is 5.92. The van der Waals surface area contributed by atoms with Crippen LogP contribution >= 0.6 is 0 Å². The van der Waals surface area contributed by atoms with Gasteiger partial charge in [0.2, 0.25) is 0 Å². The Labute approximate surface area is 93.6 Å². The van der Waals surface area contributed by atoms with Gasteiger partial charge >= 0.3 is 5.97 Å². The lowest BCUT2D eigenvalue weighted by Crippen LogP contribution is -2.24. The molecule has 0 saturated carbocycles. The number of rotatable bonds is 3. The number of aryl methyl sites for hydroxylation is 1. The summed E-state index contributed by atoms with van der Waals surface area (Å²) in [5.74, 6) is -0.522. The predicted molar refractivity (Wildman–Crippen MR) is 58.9 cm³/mol. The van der Waals surface area contributed by atoms with Gasteiger partial charge in [0, 0.05) is 12.7 Å². The maximum atomic E-state index is 11.8. The van der Waals surface area contributed by atoms with Gasteiger partial charge in [0.1, 0.15) is 5.56 Å². The molecule has 0 aliphatic carbocycles. The van der Waals surface area contributed by atoms with Gasteiger partial charge in [0.15, 0.2) is 5.75 Å². The molecule has 0 N–H and O–H groups in total. The van der Waals surface area contributed by atoms with E-state index in [0.717, 1.165) is 0 Å². The molecule has 0 atom stereocenters. The number of pyridine rings is 1. The Morgan fingerprint density at radius 2 is 2.12 bits per heavy atom. The third-order valence-electron chi connectivity index (χ3n) is 2.33. The number of aromatic nitrogens is 1. The van der Waals surface area contributed by atoms with Gasteiger partial charge in [-0.15, -0.1) is 0 Å². The van der Waals surface area contributed by atoms with Gasteiger partial charge in [-0.05, 0) is 19.9 Å². The number of hydrogen-bond donors (Lipinski definition) is 0. The molecule has 16 heavy (non-hydrogen) atoms. The average Bonchev–Trinajstić information content (AvgIpc) is 2.26. The molecule has 0 amide bonds. The zero-order valence-corrected chi connectivity index (χ0v) is 9.86. The van der Waals surface area contributed by atoms with Crippen molar-refractivity contribution in [1.29, 1.82) is 0 Å². The van der Waals surface area contributed by atoms with E-state index in [1.165, 1.54) is 11.7 Å². The molecule has 1 aromatic heterocycles. The normalized spacial score (nSPS) is 10.0. The maximum absolute atomic E-state index is 11.8. The third kappa shape index (κ3) is 2.08. The minimum Gasteiger partial charge on any atom is -0.490 e. The molecule has 0 aliphatic heterocycles. The summed E-state index contributed by atoms with van der Waals surface area (Å²) >= 11 is 0. The summed E-state index contributed by atoms with van der Waals surface area (Å²) < 4.78 is 11.2. The van der Waals surface area contributed by atoms with E-state index in [4.69, 9.17) is 9.47 Å². The van der Waals surface area contributed by atoms with Crippen LogP contribution in [0.15, 0.2) is 10.9 Å². The molecule has 0 unspecified atom stereocenters. The second-order valence-electron chi connectivity index (χ2n) is 3.32. The smallest absolute Gasteiger partial charge is 0.342 e. The number of carbonyl (C=O) groups is 1. The van der Waals surface area contributed by atoms with Gasteiger partial charge in [-0.2, -0.15) is 0 Å². The number of hydrogen-bond acceptors (Lipinski definition) is 4. The van der Waals surface area contributed by atoms with E-state index >= 15 is 0 Å². The molecule has 0 aromatic carbocycles. The van der Waals surface area contributed by atoms with Gasteiger partial charge < -0.3 is 14.0 Å². The summed E-state index contributed by atoms with van der Waals surface area (Å²) in [7, 11) is 2.98. The van der Waals surface area contributed by atoms with Crippen molar-refractivity contribution in [3.8, 4) is 5.75 Å². The molecular formula is C11H15NO4. The predicted octanol–water partition coefficient (Wildman–Crippen LogP) is 0.879. The van der Waals surface area contributed by atoms with E-state index in [1.54, 1.807) is 27.0 Å². The van der Waals surface area contributed by atoms with Gasteiger partial charge in [-0.3, -0.25) is 4.79 Å². The summed E-state index contributed by atoms with van der Waals surface area (Å²) in [6.45, 7) is 3.71. The number of methoxy groups -OCH3 is 1. The topological polar surface area (TPSA) is 57.5 Å². The Hall–Kier alpha value is -1.78. The van der Waals surface area contributed by atoms with Crippen molar-refractivity contribution in [2.45, 2.75) is 13.8 Å². The standard InChI is InChI=1S/C11H15NO4/c1-5-16-11(14)8-6-7(2)12(3)10(13)9(8)15-4/h6H,5H2,1-4H3. The second-order valence-corrected chi connectivity index (χ2v) is 3.32. The molecule has 1 aromatic rings. The lowest BCUT2D eigenvalue weighted by Gasteiger charge is -2.11. The highest BCUT2D eigenvalue weighted by atomic mass is 16.5. The fourth-order valence-electron chi connectivity index (χ4n) is 1.36. The minimum atomic E-state index is -0.542. The van der Waals surface area contributed by atoms with Gasteiger partial charge in [-0.25, -0.2) is 4.79 Å². The highest BCUT2D eigenvalue weighted by Crippen LogP contribution is 2.15. The van der Waals surface area contributed by atoms with Gasteiger partial charge in [0.05, 0.1) is 13.7 Å². The van der Waals surface area contributed by atoms with Crippen LogP contribution < -0.4 is 10.3 Å². The highest BCUT2D eigenvalue weighted by Gasteiger charge is 2.18. The number of nitrogens with zero attached hydrogens (tertiary/aromatic N) is 1. The van der Waals surface area contributed by atoms with Gasteiger partial charge in [-0.1, -0.05) is 0 Å². The lowest BCUT2D eigenvalue weighted by molar-refractivity contribution is 0.0522. The fraction of sp³-hybridized carbons (Fsp3) is 0.455. The van der Waals surface area contributed by atoms with Crippen molar-refractivity contribution < 1.29 is 14.3 Å². The molecule has 5 heteroatoms. The van der Waals surface area contributed by atoms with E-state index in [9.17, 15) is 9.59 Å². The summed E-state index contributed by atoms with van der Waals surface area (Å²) in [4.78, 5) is 23.4. The zero-order valence-electron chi connectivity index (χ0n) is 9.86. The number of esters is 1. The first-order chi connectivity index (χ1) is 7.52. The molecule has 5 nitrogen and oxygen atoms in total. The lowest BCUT2D eigenvalue weighted by atomic mass is 10.2. The van der Waals surface area contributed by atoms with Crippen molar-refractivity contribution in [3.63, 3.8) is 0 Å². The molecule has 1 heterocycles. The summed E-state index contributed by atoms with van der Waals surface area (Å²) in [6.07, 6.45) is 0. The fourth-order valence-corrected chi connectivity index (χ4v) is 1.36. The van der Waals surface area contributed by atoms with Crippen LogP contribution in [0.1, 0.15) is 23.0 Å². The Bertz CT molecular complexity index is 462. The largest absolute Gasteiger partial charge is 0.490 e. The second kappa shape index (κ2) is 4.83. The first-order valence-corrected chi connectivity index (χ1v) is 4.94. The van der Waals surface area contributed by atoms with Crippen molar-refractivity contribution in [2.75, 3.05) is 13.7 Å². The quantitative estimate of drug-likeness (QED) is 0.716. The Kier molecular flexibility index (Phi) is 3.71. The molecule has 1 rings (SSSR count). The first kappa shape index (κ1) is 12.3. The van der Waals surface area contributed by atoms with Crippen LogP contribution in [-0.4, -0.2) is 24.3 Å². The van der Waals surface area contributed by atoms with Crippen LogP contribution in [0.5, 0.6) is 5.75 Å². The molecule has 0 fully saturated rings. The molecule has 88 valence electrons. The Morgan fingerprint density at radius 1 is 1.50 bits per heavy atom. The van der Waals surface area contributed by atoms with E-state index in [2.05, 4.69) is 0 Å². The molecule has 0 radical (unpaired) electrons. The third-order valence-corrected chi connectivity index (χ3v) is 2.33. The van der Waals surface area contributed by atoms with Gasteiger partial charge in [0.25, 0.3) is 5.56 Å². The molecule has 0 bridgehead atoms. The van der Waals surface area contributed by atoms with Crippen LogP contribution in [0.3, 0.4) is 0 Å². The zero-order chi connectivity index (χ0) is 12.3. The molecule has 0 spiro atoms. The average molecular weight is 225 g/mol. The van der Waals surface area contributed by atoms with E-state index in [-0.39, 0.29) is 23.5 Å². The van der Waals surface area contributed by atoms with E-state index in [1.807, 2.05) is 0 Å². The van der Waals surface area contributed by atoms with E-state index < -0.39 is 5.97 Å². The van der Waals surface area contributed by atoms with Crippen LogP contribution in [-0.2, 0) is 11.8 Å². The molecule has 0 saturated heterocycles. The Morgan fingerprint density at radius 3 is 2.62 bits per heavy atom. The maximum Gasteiger partial charge on any atom is 0.342 e. The SMILES string of the molecule is CCOC(=O)c1cc(C)n(C)c(=O)c1OC. The number of carbonyl (C=O) groups excluding carboxylic acids is 1. The minimum absolute atomic E-state index is 0.0200. The summed E-state index contributed by atoms with van der Waals surface area (Å²) in [5, 5.41) is 0. The van der Waals surface area contributed by atoms with Crippen molar-refractivity contribution in [3.05, 3.63) is 27.7 Å². The monoisotopic (exact) mass is 225 g/mol. The van der Waals surface area contributed by atoms with Crippen molar-refractivity contribution >= 4 is 5.97 Å². The molecular weight excluding hydrogens is 210 g/mol. The Balaban J connectivity index is 3.39.